The Morgan fingerprint density at radius 3 is 2.84 bits per heavy atom. The fraction of sp³-hybridized carbons (Fsp3) is 0.286. The van der Waals surface area contributed by atoms with E-state index in [1.807, 2.05) is 24.3 Å². The van der Waals surface area contributed by atoms with Crippen molar-refractivity contribution in [3.05, 3.63) is 35.9 Å². The Kier molecular flexibility index (Phi) is 2.83. The molecular formula is C14H16N4O. The fourth-order valence-corrected chi connectivity index (χ4v) is 2.52. The lowest BCUT2D eigenvalue weighted by atomic mass is 10.1. The maximum Gasteiger partial charge on any atom is 0.249 e. The number of carbonyl (C=O) groups is 1. The van der Waals surface area contributed by atoms with Gasteiger partial charge in [0.25, 0.3) is 0 Å². The molecule has 98 valence electrons. The van der Waals surface area contributed by atoms with Gasteiger partial charge in [-0.1, -0.05) is 18.2 Å². The highest BCUT2D eigenvalue weighted by Gasteiger charge is 2.22. The normalized spacial score (nSPS) is 19.0. The van der Waals surface area contributed by atoms with Crippen molar-refractivity contribution in [1.82, 2.24) is 4.98 Å². The first-order valence-corrected chi connectivity index (χ1v) is 6.35. The molecule has 1 atom stereocenters. The van der Waals surface area contributed by atoms with Gasteiger partial charge in [0, 0.05) is 24.5 Å². The zero-order valence-corrected chi connectivity index (χ0v) is 10.5. The van der Waals surface area contributed by atoms with Gasteiger partial charge in [0.2, 0.25) is 5.91 Å². The number of anilines is 1. The number of hydrogen-bond acceptors (Lipinski definition) is 4. The van der Waals surface area contributed by atoms with Crippen LogP contribution in [0.2, 0.25) is 0 Å². The van der Waals surface area contributed by atoms with E-state index in [-0.39, 0.29) is 6.04 Å². The van der Waals surface area contributed by atoms with Crippen molar-refractivity contribution in [1.29, 1.82) is 0 Å². The van der Waals surface area contributed by atoms with Gasteiger partial charge in [0.05, 0.1) is 11.1 Å². The molecule has 2 aromatic rings. The summed E-state index contributed by atoms with van der Waals surface area (Å²) in [7, 11) is 0. The van der Waals surface area contributed by atoms with E-state index in [0.29, 0.717) is 5.56 Å². The molecule has 0 bridgehead atoms. The lowest BCUT2D eigenvalue weighted by molar-refractivity contribution is 0.100. The number of primary amides is 1. The third kappa shape index (κ3) is 2.13. The van der Waals surface area contributed by atoms with Crippen LogP contribution in [-0.2, 0) is 0 Å². The second kappa shape index (κ2) is 4.51. The maximum atomic E-state index is 11.6. The van der Waals surface area contributed by atoms with Crippen molar-refractivity contribution >= 4 is 22.6 Å². The summed E-state index contributed by atoms with van der Waals surface area (Å²) in [6.07, 6.45) is 0.945. The van der Waals surface area contributed by atoms with Crippen LogP contribution in [0.5, 0.6) is 0 Å². The number of para-hydroxylation sites is 1. The minimum Gasteiger partial charge on any atom is -0.366 e. The van der Waals surface area contributed by atoms with Crippen molar-refractivity contribution in [3.63, 3.8) is 0 Å². The SMILES string of the molecule is NC(=O)c1cc(N2CC[C@@H](N)C2)nc2ccccc12. The number of hydrogen-bond donors (Lipinski definition) is 2. The van der Waals surface area contributed by atoms with Gasteiger partial charge in [0.15, 0.2) is 0 Å². The topological polar surface area (TPSA) is 85.2 Å². The first kappa shape index (κ1) is 11.9. The fourth-order valence-electron chi connectivity index (χ4n) is 2.52. The van der Waals surface area contributed by atoms with Crippen molar-refractivity contribution in [2.45, 2.75) is 12.5 Å². The molecule has 1 amide bonds. The van der Waals surface area contributed by atoms with Crippen LogP contribution in [0.3, 0.4) is 0 Å². The van der Waals surface area contributed by atoms with E-state index in [4.69, 9.17) is 11.5 Å². The maximum absolute atomic E-state index is 11.6. The minimum atomic E-state index is -0.427. The molecule has 1 fully saturated rings. The third-order valence-electron chi connectivity index (χ3n) is 3.52. The zero-order valence-electron chi connectivity index (χ0n) is 10.5. The average molecular weight is 256 g/mol. The van der Waals surface area contributed by atoms with Crippen LogP contribution >= 0.6 is 0 Å². The Bertz CT molecular complexity index is 640. The van der Waals surface area contributed by atoms with E-state index in [1.165, 1.54) is 0 Å². The van der Waals surface area contributed by atoms with Crippen LogP contribution < -0.4 is 16.4 Å². The van der Waals surface area contributed by atoms with Gasteiger partial charge in [-0.25, -0.2) is 4.98 Å². The number of carbonyl (C=O) groups excluding carboxylic acids is 1. The van der Waals surface area contributed by atoms with Crippen molar-refractivity contribution < 1.29 is 4.79 Å². The quantitative estimate of drug-likeness (QED) is 0.835. The number of aromatic nitrogens is 1. The summed E-state index contributed by atoms with van der Waals surface area (Å²) in [5.41, 5.74) is 12.7. The Morgan fingerprint density at radius 1 is 1.37 bits per heavy atom. The molecule has 3 rings (SSSR count). The van der Waals surface area contributed by atoms with Gasteiger partial charge in [-0.3, -0.25) is 4.79 Å². The summed E-state index contributed by atoms with van der Waals surface area (Å²) < 4.78 is 0. The number of nitrogens with zero attached hydrogens (tertiary/aromatic N) is 2. The molecule has 0 radical (unpaired) electrons. The summed E-state index contributed by atoms with van der Waals surface area (Å²) >= 11 is 0. The molecule has 5 nitrogen and oxygen atoms in total. The van der Waals surface area contributed by atoms with Crippen LogP contribution in [0.25, 0.3) is 10.9 Å². The van der Waals surface area contributed by atoms with Crippen molar-refractivity contribution in [2.24, 2.45) is 11.5 Å². The van der Waals surface area contributed by atoms with E-state index in [2.05, 4.69) is 9.88 Å². The molecule has 1 aromatic heterocycles. The van der Waals surface area contributed by atoms with E-state index < -0.39 is 5.91 Å². The lowest BCUT2D eigenvalue weighted by Crippen LogP contribution is -2.27. The number of rotatable bonds is 2. The van der Waals surface area contributed by atoms with Crippen molar-refractivity contribution in [2.75, 3.05) is 18.0 Å². The van der Waals surface area contributed by atoms with E-state index in [1.54, 1.807) is 6.07 Å². The second-order valence-corrected chi connectivity index (χ2v) is 4.90. The van der Waals surface area contributed by atoms with Crippen LogP contribution in [-0.4, -0.2) is 30.0 Å². The predicted octanol–water partition coefficient (Wildman–Crippen LogP) is 0.871. The van der Waals surface area contributed by atoms with E-state index >= 15 is 0 Å². The highest BCUT2D eigenvalue weighted by molar-refractivity contribution is 6.06. The summed E-state index contributed by atoms with van der Waals surface area (Å²) in [5, 5.41) is 0.794. The summed E-state index contributed by atoms with van der Waals surface area (Å²) in [5.74, 6) is 0.351. The number of pyridine rings is 1. The highest BCUT2D eigenvalue weighted by atomic mass is 16.1. The number of amides is 1. The molecule has 0 spiro atoms. The first-order chi connectivity index (χ1) is 9.15. The minimum absolute atomic E-state index is 0.172. The van der Waals surface area contributed by atoms with Gasteiger partial charge < -0.3 is 16.4 Å². The zero-order chi connectivity index (χ0) is 13.4. The molecule has 1 aromatic carbocycles. The smallest absolute Gasteiger partial charge is 0.249 e. The number of benzene rings is 1. The average Bonchev–Trinajstić information content (AvgIpc) is 2.84. The Balaban J connectivity index is 2.13. The molecule has 0 aliphatic carbocycles. The van der Waals surface area contributed by atoms with E-state index in [0.717, 1.165) is 36.2 Å². The highest BCUT2D eigenvalue weighted by Crippen LogP contribution is 2.24. The Morgan fingerprint density at radius 2 is 2.16 bits per heavy atom. The summed E-state index contributed by atoms with van der Waals surface area (Å²) in [6, 6.07) is 9.47. The molecule has 1 saturated heterocycles. The van der Waals surface area contributed by atoms with Gasteiger partial charge >= 0.3 is 0 Å². The molecule has 1 aliphatic rings. The number of nitrogens with two attached hydrogens (primary N) is 2. The van der Waals surface area contributed by atoms with Crippen molar-refractivity contribution in [3.8, 4) is 0 Å². The molecule has 0 saturated carbocycles. The third-order valence-corrected chi connectivity index (χ3v) is 3.52. The number of fused-ring (bicyclic) bond motifs is 1. The molecule has 1 aliphatic heterocycles. The van der Waals surface area contributed by atoms with Gasteiger partial charge in [-0.15, -0.1) is 0 Å². The largest absolute Gasteiger partial charge is 0.366 e. The summed E-state index contributed by atoms with van der Waals surface area (Å²) in [4.78, 5) is 18.3. The first-order valence-electron chi connectivity index (χ1n) is 6.35. The summed E-state index contributed by atoms with van der Waals surface area (Å²) in [6.45, 7) is 1.63. The van der Waals surface area contributed by atoms with Crippen LogP contribution in [0.15, 0.2) is 30.3 Å². The Hall–Kier alpha value is -2.14. The second-order valence-electron chi connectivity index (χ2n) is 4.90. The molecule has 5 heteroatoms. The molecule has 19 heavy (non-hydrogen) atoms. The van der Waals surface area contributed by atoms with Gasteiger partial charge in [-0.2, -0.15) is 0 Å². The molecule has 4 N–H and O–H groups in total. The molecular weight excluding hydrogens is 240 g/mol. The Labute approximate surface area is 111 Å². The van der Waals surface area contributed by atoms with Crippen LogP contribution in [0.4, 0.5) is 5.82 Å². The van der Waals surface area contributed by atoms with Gasteiger partial charge in [0.1, 0.15) is 5.82 Å². The van der Waals surface area contributed by atoms with Gasteiger partial charge in [-0.05, 0) is 18.6 Å². The molecule has 2 heterocycles. The monoisotopic (exact) mass is 256 g/mol. The standard InChI is InChI=1S/C14H16N4O/c15-9-5-6-18(8-9)13-7-11(14(16)19)10-3-1-2-4-12(10)17-13/h1-4,7,9H,5-6,8,15H2,(H2,16,19)/t9-/m1/s1. The van der Waals surface area contributed by atoms with E-state index in [9.17, 15) is 4.79 Å². The predicted molar refractivity (Wildman–Crippen MR) is 75.1 cm³/mol. The lowest BCUT2D eigenvalue weighted by Gasteiger charge is -2.18. The molecule has 0 unspecified atom stereocenters. The van der Waals surface area contributed by atoms with Crippen LogP contribution in [0.1, 0.15) is 16.8 Å². The van der Waals surface area contributed by atoms with Crippen LogP contribution in [0, 0.1) is 0 Å².